The Labute approximate surface area is 180 Å². The number of aromatic nitrogens is 1. The van der Waals surface area contributed by atoms with Crippen LogP contribution in [0, 0.1) is 0 Å². The van der Waals surface area contributed by atoms with Gasteiger partial charge in [0.25, 0.3) is 5.91 Å². The summed E-state index contributed by atoms with van der Waals surface area (Å²) in [5, 5.41) is 3.15. The largest absolute Gasteiger partial charge is 0.383 e. The van der Waals surface area contributed by atoms with Crippen LogP contribution in [-0.4, -0.2) is 41.0 Å². The molecule has 1 aliphatic carbocycles. The standard InChI is InChI=1S/C25H34N4O/c1-17(2)29-13-12-20(16-29)18-8-10-19(11-9-18)21-14-23(24(26)27-15-21)25(30)28-22-6-4-3-5-7-22/h8-11,14-15,17,20,22H,3-7,12-13,16H2,1-2H3,(H2,26,27)(H,28,30). The number of carbonyl (C=O) groups is 1. The maximum Gasteiger partial charge on any atom is 0.255 e. The zero-order valence-electron chi connectivity index (χ0n) is 18.2. The van der Waals surface area contributed by atoms with Crippen LogP contribution in [0.25, 0.3) is 11.1 Å². The molecule has 2 heterocycles. The fourth-order valence-corrected chi connectivity index (χ4v) is 4.80. The predicted octanol–water partition coefficient (Wildman–Crippen LogP) is 4.59. The van der Waals surface area contributed by atoms with Gasteiger partial charge in [0.2, 0.25) is 0 Å². The summed E-state index contributed by atoms with van der Waals surface area (Å²) in [6.45, 7) is 6.83. The second-order valence-electron chi connectivity index (χ2n) is 9.16. The highest BCUT2D eigenvalue weighted by Crippen LogP contribution is 2.30. The molecule has 2 fully saturated rings. The lowest BCUT2D eigenvalue weighted by molar-refractivity contribution is 0.0928. The molecule has 160 valence electrons. The number of nitrogens with one attached hydrogen (secondary N) is 1. The average Bonchev–Trinajstić information content (AvgIpc) is 3.26. The van der Waals surface area contributed by atoms with Gasteiger partial charge in [0.05, 0.1) is 5.56 Å². The third-order valence-corrected chi connectivity index (χ3v) is 6.77. The Kier molecular flexibility index (Phi) is 6.38. The van der Waals surface area contributed by atoms with Crippen molar-refractivity contribution in [2.75, 3.05) is 18.8 Å². The fraction of sp³-hybridized carbons (Fsp3) is 0.520. The van der Waals surface area contributed by atoms with Gasteiger partial charge in [0, 0.05) is 30.4 Å². The molecule has 4 rings (SSSR count). The molecule has 1 aromatic heterocycles. The molecule has 1 aliphatic heterocycles. The topological polar surface area (TPSA) is 71.2 Å². The van der Waals surface area contributed by atoms with Crippen molar-refractivity contribution in [2.24, 2.45) is 0 Å². The first-order chi connectivity index (χ1) is 14.5. The lowest BCUT2D eigenvalue weighted by Gasteiger charge is -2.23. The van der Waals surface area contributed by atoms with Crippen molar-refractivity contribution in [3.05, 3.63) is 47.7 Å². The first-order valence-corrected chi connectivity index (χ1v) is 11.4. The molecular weight excluding hydrogens is 372 g/mol. The Morgan fingerprint density at radius 1 is 1.10 bits per heavy atom. The Balaban J connectivity index is 1.47. The van der Waals surface area contributed by atoms with Gasteiger partial charge >= 0.3 is 0 Å². The van der Waals surface area contributed by atoms with Crippen molar-refractivity contribution in [1.82, 2.24) is 15.2 Å². The number of likely N-dealkylation sites (tertiary alicyclic amines) is 1. The maximum atomic E-state index is 12.8. The van der Waals surface area contributed by atoms with E-state index in [1.165, 1.54) is 37.8 Å². The number of hydrogen-bond donors (Lipinski definition) is 2. The lowest BCUT2D eigenvalue weighted by Crippen LogP contribution is -2.36. The number of nitrogens with zero attached hydrogens (tertiary/aromatic N) is 2. The van der Waals surface area contributed by atoms with E-state index in [0.29, 0.717) is 23.3 Å². The van der Waals surface area contributed by atoms with Crippen molar-refractivity contribution in [3.63, 3.8) is 0 Å². The highest BCUT2D eigenvalue weighted by Gasteiger charge is 2.25. The highest BCUT2D eigenvalue weighted by atomic mass is 16.1. The van der Waals surface area contributed by atoms with Crippen LogP contribution in [0.4, 0.5) is 5.82 Å². The van der Waals surface area contributed by atoms with E-state index in [0.717, 1.165) is 30.5 Å². The van der Waals surface area contributed by atoms with Gasteiger partial charge in [-0.3, -0.25) is 4.79 Å². The van der Waals surface area contributed by atoms with Gasteiger partial charge in [-0.1, -0.05) is 43.5 Å². The summed E-state index contributed by atoms with van der Waals surface area (Å²) in [5.74, 6) is 0.788. The smallest absolute Gasteiger partial charge is 0.255 e. The average molecular weight is 407 g/mol. The van der Waals surface area contributed by atoms with E-state index in [-0.39, 0.29) is 11.9 Å². The molecule has 0 spiro atoms. The van der Waals surface area contributed by atoms with Crippen LogP contribution in [-0.2, 0) is 0 Å². The van der Waals surface area contributed by atoms with Crippen LogP contribution >= 0.6 is 0 Å². The summed E-state index contributed by atoms with van der Waals surface area (Å²) < 4.78 is 0. The number of pyridine rings is 1. The minimum absolute atomic E-state index is 0.106. The molecular formula is C25H34N4O. The molecule has 0 bridgehead atoms. The molecule has 1 unspecified atom stereocenters. The summed E-state index contributed by atoms with van der Waals surface area (Å²) in [6.07, 6.45) is 8.70. The number of nitrogen functional groups attached to an aromatic ring is 1. The highest BCUT2D eigenvalue weighted by molar-refractivity contribution is 5.99. The third-order valence-electron chi connectivity index (χ3n) is 6.77. The van der Waals surface area contributed by atoms with E-state index in [1.807, 2.05) is 6.07 Å². The van der Waals surface area contributed by atoms with Crippen LogP contribution in [0.3, 0.4) is 0 Å². The SMILES string of the molecule is CC(C)N1CCC(c2ccc(-c3cnc(N)c(C(=O)NC4CCCCC4)c3)cc2)C1. The summed E-state index contributed by atoms with van der Waals surface area (Å²) >= 11 is 0. The molecule has 1 aromatic carbocycles. The number of hydrogen-bond acceptors (Lipinski definition) is 4. The molecule has 1 amide bonds. The Bertz CT molecular complexity index is 871. The molecule has 0 radical (unpaired) electrons. The molecule has 5 nitrogen and oxygen atoms in total. The van der Waals surface area contributed by atoms with E-state index < -0.39 is 0 Å². The maximum absolute atomic E-state index is 12.8. The number of amides is 1. The summed E-state index contributed by atoms with van der Waals surface area (Å²) in [4.78, 5) is 19.6. The Morgan fingerprint density at radius 2 is 1.83 bits per heavy atom. The van der Waals surface area contributed by atoms with Crippen molar-refractivity contribution >= 4 is 11.7 Å². The van der Waals surface area contributed by atoms with E-state index in [2.05, 4.69) is 53.3 Å². The number of benzene rings is 1. The molecule has 1 saturated heterocycles. The Hall–Kier alpha value is -2.40. The van der Waals surface area contributed by atoms with Crippen molar-refractivity contribution in [2.45, 2.75) is 70.4 Å². The molecule has 5 heteroatoms. The van der Waals surface area contributed by atoms with Gasteiger partial charge in [-0.2, -0.15) is 0 Å². The molecule has 1 atom stereocenters. The third kappa shape index (κ3) is 4.67. The number of nitrogens with two attached hydrogens (primary N) is 1. The molecule has 2 aliphatic rings. The van der Waals surface area contributed by atoms with Gasteiger partial charge in [0.15, 0.2) is 0 Å². The first-order valence-electron chi connectivity index (χ1n) is 11.4. The predicted molar refractivity (Wildman–Crippen MR) is 122 cm³/mol. The summed E-state index contributed by atoms with van der Waals surface area (Å²) in [6, 6.07) is 11.5. The monoisotopic (exact) mass is 406 g/mol. The minimum atomic E-state index is -0.106. The van der Waals surface area contributed by atoms with Gasteiger partial charge in [-0.25, -0.2) is 4.98 Å². The van der Waals surface area contributed by atoms with Crippen LogP contribution in [0.15, 0.2) is 36.5 Å². The van der Waals surface area contributed by atoms with Crippen molar-refractivity contribution < 1.29 is 4.79 Å². The summed E-state index contributed by atoms with van der Waals surface area (Å²) in [5.41, 5.74) is 9.90. The van der Waals surface area contributed by atoms with Crippen LogP contribution in [0.1, 0.15) is 74.2 Å². The van der Waals surface area contributed by atoms with E-state index in [9.17, 15) is 4.79 Å². The second-order valence-corrected chi connectivity index (χ2v) is 9.16. The van der Waals surface area contributed by atoms with E-state index >= 15 is 0 Å². The van der Waals surface area contributed by atoms with Gasteiger partial charge < -0.3 is 16.0 Å². The quantitative estimate of drug-likeness (QED) is 0.762. The van der Waals surface area contributed by atoms with Crippen LogP contribution in [0.5, 0.6) is 0 Å². The van der Waals surface area contributed by atoms with Gasteiger partial charge in [-0.15, -0.1) is 0 Å². The van der Waals surface area contributed by atoms with E-state index in [1.54, 1.807) is 6.20 Å². The normalized spacial score (nSPS) is 20.6. The zero-order chi connectivity index (χ0) is 21.1. The molecule has 30 heavy (non-hydrogen) atoms. The minimum Gasteiger partial charge on any atom is -0.383 e. The fourth-order valence-electron chi connectivity index (χ4n) is 4.80. The number of carbonyl (C=O) groups excluding carboxylic acids is 1. The number of anilines is 1. The van der Waals surface area contributed by atoms with Crippen LogP contribution < -0.4 is 11.1 Å². The van der Waals surface area contributed by atoms with Crippen molar-refractivity contribution in [1.29, 1.82) is 0 Å². The molecule has 2 aromatic rings. The Morgan fingerprint density at radius 3 is 2.50 bits per heavy atom. The zero-order valence-corrected chi connectivity index (χ0v) is 18.2. The van der Waals surface area contributed by atoms with Gasteiger partial charge in [0.1, 0.15) is 5.82 Å². The second kappa shape index (κ2) is 9.17. The lowest BCUT2D eigenvalue weighted by atomic mass is 9.94. The van der Waals surface area contributed by atoms with E-state index in [4.69, 9.17) is 5.73 Å². The van der Waals surface area contributed by atoms with Crippen LogP contribution in [0.2, 0.25) is 0 Å². The molecule has 1 saturated carbocycles. The first kappa shape index (κ1) is 20.9. The molecule has 3 N–H and O–H groups in total. The summed E-state index contributed by atoms with van der Waals surface area (Å²) in [7, 11) is 0. The van der Waals surface area contributed by atoms with Crippen molar-refractivity contribution in [3.8, 4) is 11.1 Å². The number of rotatable bonds is 5. The van der Waals surface area contributed by atoms with Gasteiger partial charge in [-0.05, 0) is 62.8 Å².